The van der Waals surface area contributed by atoms with Crippen molar-refractivity contribution < 1.29 is 17.2 Å². The SMILES string of the molecule is O=S(=O)(O)OCCCn1ccc2ccccc21. The van der Waals surface area contributed by atoms with E-state index in [1.165, 1.54) is 0 Å². The minimum absolute atomic E-state index is 0.0225. The number of aromatic nitrogens is 1. The van der Waals surface area contributed by atoms with Gasteiger partial charge in [-0.15, -0.1) is 0 Å². The Morgan fingerprint density at radius 1 is 1.24 bits per heavy atom. The molecule has 0 aliphatic heterocycles. The summed E-state index contributed by atoms with van der Waals surface area (Å²) in [4.78, 5) is 0. The first-order valence-electron chi connectivity index (χ1n) is 5.22. The van der Waals surface area contributed by atoms with Gasteiger partial charge in [0.15, 0.2) is 0 Å². The maximum atomic E-state index is 10.3. The Bertz CT molecular complexity index is 603. The predicted octanol–water partition coefficient (Wildman–Crippen LogP) is 1.85. The maximum absolute atomic E-state index is 10.3. The van der Waals surface area contributed by atoms with Crippen LogP contribution < -0.4 is 0 Å². The van der Waals surface area contributed by atoms with E-state index in [-0.39, 0.29) is 6.61 Å². The van der Waals surface area contributed by atoms with Crippen LogP contribution >= 0.6 is 0 Å². The lowest BCUT2D eigenvalue weighted by atomic mass is 10.2. The molecule has 0 spiro atoms. The van der Waals surface area contributed by atoms with Crippen molar-refractivity contribution in [3.63, 3.8) is 0 Å². The number of rotatable bonds is 5. The first kappa shape index (κ1) is 12.1. The minimum Gasteiger partial charge on any atom is -0.347 e. The van der Waals surface area contributed by atoms with Crippen molar-refractivity contribution in [3.05, 3.63) is 36.5 Å². The Morgan fingerprint density at radius 3 is 2.76 bits per heavy atom. The van der Waals surface area contributed by atoms with Gasteiger partial charge in [0.05, 0.1) is 6.61 Å². The van der Waals surface area contributed by atoms with Crippen LogP contribution in [0.5, 0.6) is 0 Å². The summed E-state index contributed by atoms with van der Waals surface area (Å²) in [6.45, 7) is 0.619. The number of aryl methyl sites for hydroxylation is 1. The lowest BCUT2D eigenvalue weighted by Gasteiger charge is -2.04. The minimum atomic E-state index is -4.32. The molecule has 0 aliphatic carbocycles. The number of hydrogen-bond donors (Lipinski definition) is 1. The van der Waals surface area contributed by atoms with Crippen molar-refractivity contribution in [1.82, 2.24) is 4.57 Å². The molecule has 0 saturated heterocycles. The number of hydrogen-bond acceptors (Lipinski definition) is 3. The van der Waals surface area contributed by atoms with E-state index in [0.29, 0.717) is 13.0 Å². The topological polar surface area (TPSA) is 68.5 Å². The summed E-state index contributed by atoms with van der Waals surface area (Å²) >= 11 is 0. The fraction of sp³-hybridized carbons (Fsp3) is 0.273. The van der Waals surface area contributed by atoms with Gasteiger partial charge in [-0.1, -0.05) is 18.2 Å². The van der Waals surface area contributed by atoms with E-state index in [1.54, 1.807) is 0 Å². The first-order chi connectivity index (χ1) is 8.06. The third kappa shape index (κ3) is 3.29. The molecule has 1 N–H and O–H groups in total. The molecule has 1 heterocycles. The second-order valence-electron chi connectivity index (χ2n) is 3.67. The van der Waals surface area contributed by atoms with E-state index in [9.17, 15) is 8.42 Å². The monoisotopic (exact) mass is 255 g/mol. The fourth-order valence-corrected chi connectivity index (χ4v) is 2.06. The maximum Gasteiger partial charge on any atom is 0.397 e. The molecule has 0 radical (unpaired) electrons. The molecular weight excluding hydrogens is 242 g/mol. The molecule has 0 aliphatic rings. The van der Waals surface area contributed by atoms with Crippen molar-refractivity contribution in [2.75, 3.05) is 6.61 Å². The highest BCUT2D eigenvalue weighted by molar-refractivity contribution is 7.80. The standard InChI is InChI=1S/C11H13NO4S/c13-17(14,15)16-9-3-7-12-8-6-10-4-1-2-5-11(10)12/h1-2,4-6,8H,3,7,9H2,(H,13,14,15). The van der Waals surface area contributed by atoms with Crippen LogP contribution in [0.15, 0.2) is 36.5 Å². The third-order valence-electron chi connectivity index (χ3n) is 2.46. The Hall–Kier alpha value is -1.37. The lowest BCUT2D eigenvalue weighted by Crippen LogP contribution is -2.07. The second-order valence-corrected chi connectivity index (χ2v) is 4.76. The molecule has 92 valence electrons. The molecule has 0 unspecified atom stereocenters. The van der Waals surface area contributed by atoms with E-state index in [0.717, 1.165) is 10.9 Å². The van der Waals surface area contributed by atoms with Crippen LogP contribution in [0.2, 0.25) is 0 Å². The lowest BCUT2D eigenvalue weighted by molar-refractivity contribution is 0.260. The van der Waals surface area contributed by atoms with Gasteiger partial charge in [0.2, 0.25) is 0 Å². The highest BCUT2D eigenvalue weighted by Crippen LogP contribution is 2.15. The van der Waals surface area contributed by atoms with Crippen molar-refractivity contribution in [2.24, 2.45) is 0 Å². The summed E-state index contributed by atoms with van der Waals surface area (Å²) in [5.41, 5.74) is 1.10. The van der Waals surface area contributed by atoms with Gasteiger partial charge >= 0.3 is 10.4 Å². The predicted molar refractivity (Wildman–Crippen MR) is 64.1 cm³/mol. The van der Waals surface area contributed by atoms with Crippen LogP contribution in [-0.4, -0.2) is 24.1 Å². The quantitative estimate of drug-likeness (QED) is 0.654. The molecule has 1 aromatic carbocycles. The van der Waals surface area contributed by atoms with Gasteiger partial charge in [0.1, 0.15) is 0 Å². The van der Waals surface area contributed by atoms with Crippen LogP contribution in [-0.2, 0) is 21.1 Å². The Kier molecular flexibility index (Phi) is 3.46. The van der Waals surface area contributed by atoms with E-state index >= 15 is 0 Å². The molecule has 0 saturated carbocycles. The summed E-state index contributed by atoms with van der Waals surface area (Å²) in [5.74, 6) is 0. The smallest absolute Gasteiger partial charge is 0.347 e. The van der Waals surface area contributed by atoms with Crippen molar-refractivity contribution in [3.8, 4) is 0 Å². The molecule has 2 aromatic rings. The van der Waals surface area contributed by atoms with Gasteiger partial charge in [-0.2, -0.15) is 8.42 Å². The highest BCUT2D eigenvalue weighted by Gasteiger charge is 2.04. The Labute approximate surface area is 99.6 Å². The van der Waals surface area contributed by atoms with Crippen LogP contribution in [0.25, 0.3) is 10.9 Å². The van der Waals surface area contributed by atoms with Crippen molar-refractivity contribution >= 4 is 21.3 Å². The number of para-hydroxylation sites is 1. The van der Waals surface area contributed by atoms with Crippen molar-refractivity contribution in [1.29, 1.82) is 0 Å². The summed E-state index contributed by atoms with van der Waals surface area (Å²) in [7, 11) is -4.32. The van der Waals surface area contributed by atoms with Crippen LogP contribution in [0, 0.1) is 0 Å². The van der Waals surface area contributed by atoms with Gasteiger partial charge < -0.3 is 4.57 Å². The van der Waals surface area contributed by atoms with Crippen LogP contribution in [0.4, 0.5) is 0 Å². The molecule has 1 aromatic heterocycles. The third-order valence-corrected chi connectivity index (χ3v) is 2.92. The molecule has 5 nitrogen and oxygen atoms in total. The van der Waals surface area contributed by atoms with E-state index in [4.69, 9.17) is 4.55 Å². The van der Waals surface area contributed by atoms with E-state index < -0.39 is 10.4 Å². The first-order valence-corrected chi connectivity index (χ1v) is 6.58. The molecule has 6 heteroatoms. The second kappa shape index (κ2) is 4.87. The van der Waals surface area contributed by atoms with Gasteiger partial charge in [0, 0.05) is 18.3 Å². The average Bonchev–Trinajstić information content (AvgIpc) is 2.67. The zero-order valence-corrected chi connectivity index (χ0v) is 9.93. The summed E-state index contributed by atoms with van der Waals surface area (Å²) < 4.78 is 35.3. The molecule has 17 heavy (non-hydrogen) atoms. The summed E-state index contributed by atoms with van der Waals surface area (Å²) in [5, 5.41) is 1.14. The van der Waals surface area contributed by atoms with Crippen LogP contribution in [0.3, 0.4) is 0 Å². The molecule has 0 amide bonds. The van der Waals surface area contributed by atoms with Gasteiger partial charge in [-0.3, -0.25) is 4.55 Å². The van der Waals surface area contributed by atoms with Gasteiger partial charge in [-0.25, -0.2) is 4.18 Å². The number of nitrogens with zero attached hydrogens (tertiary/aromatic N) is 1. The van der Waals surface area contributed by atoms with Crippen LogP contribution in [0.1, 0.15) is 6.42 Å². The summed E-state index contributed by atoms with van der Waals surface area (Å²) in [6.07, 6.45) is 2.45. The van der Waals surface area contributed by atoms with E-state index in [2.05, 4.69) is 4.18 Å². The number of benzene rings is 1. The van der Waals surface area contributed by atoms with Crippen molar-refractivity contribution in [2.45, 2.75) is 13.0 Å². The average molecular weight is 255 g/mol. The number of fused-ring (bicyclic) bond motifs is 1. The molecular formula is C11H13NO4S. The Morgan fingerprint density at radius 2 is 2.00 bits per heavy atom. The normalized spacial score (nSPS) is 12.1. The van der Waals surface area contributed by atoms with Gasteiger partial charge in [0.25, 0.3) is 0 Å². The molecule has 0 atom stereocenters. The highest BCUT2D eigenvalue weighted by atomic mass is 32.3. The molecule has 0 fully saturated rings. The molecule has 2 rings (SSSR count). The largest absolute Gasteiger partial charge is 0.397 e. The Balaban J connectivity index is 1.96. The van der Waals surface area contributed by atoms with E-state index in [1.807, 2.05) is 41.1 Å². The van der Waals surface area contributed by atoms with Gasteiger partial charge in [-0.05, 0) is 23.9 Å². The fourth-order valence-electron chi connectivity index (χ4n) is 1.73. The summed E-state index contributed by atoms with van der Waals surface area (Å²) in [6, 6.07) is 9.93. The zero-order chi connectivity index (χ0) is 12.3. The zero-order valence-electron chi connectivity index (χ0n) is 9.11. The molecule has 0 bridgehead atoms.